The van der Waals surface area contributed by atoms with E-state index in [4.69, 9.17) is 55.1 Å². The average molecular weight is 1700 g/mol. The first-order chi connectivity index (χ1) is 37.2. The van der Waals surface area contributed by atoms with Crippen LogP contribution in [0.2, 0.25) is 10.0 Å². The Morgan fingerprint density at radius 1 is 0.474 bits per heavy atom. The Labute approximate surface area is 565 Å². The minimum Gasteiger partial charge on any atom is -0.461 e. The highest BCUT2D eigenvalue weighted by Crippen LogP contribution is 2.40. The number of hydrogen-bond donors (Lipinski definition) is 1. The molecule has 6 aromatic rings. The summed E-state index contributed by atoms with van der Waals surface area (Å²) in [6.45, 7) is 4.28. The number of hydrogen-bond acceptors (Lipinski definition) is 8. The molecule has 2 heterocycles. The van der Waals surface area contributed by atoms with E-state index in [-0.39, 0.29) is 26.8 Å². The number of aromatic nitrogens is 2. The number of carbonyl (C=O) groups is 2. The summed E-state index contributed by atoms with van der Waals surface area (Å²) in [7, 11) is 52.8. The Bertz CT molecular complexity index is 4330. The minimum atomic E-state index is -0.353. The maximum absolute atomic E-state index is 12.4. The number of aryl methyl sites for hydroxylation is 1. The van der Waals surface area contributed by atoms with E-state index < -0.39 is 0 Å². The van der Waals surface area contributed by atoms with Crippen LogP contribution in [-0.2, 0) is 296 Å². The number of ether oxygens (including phenoxy) is 2. The zero-order valence-electron chi connectivity index (χ0n) is 37.5. The molecule has 78 heavy (non-hydrogen) atoms. The highest BCUT2D eigenvalue weighted by Gasteiger charge is 2.23. The predicted octanol–water partition coefficient (Wildman–Crippen LogP) is 11.5. The van der Waals surface area contributed by atoms with E-state index in [0.29, 0.717) is 34.6 Å². The van der Waals surface area contributed by atoms with E-state index in [2.05, 4.69) is 4.98 Å². The molecule has 0 aliphatic carbocycles. The van der Waals surface area contributed by atoms with E-state index in [0.717, 1.165) is 41.4 Å². The molecule has 4 aromatic carbocycles. The first kappa shape index (κ1) is 77.1. The molecular formula is C37H38Cl2N2O4S33. The molecule has 0 radical (unpaired) electrons. The summed E-state index contributed by atoms with van der Waals surface area (Å²) in [5, 5.41) is 3.16. The Hall–Kier alpha value is 3.00. The van der Waals surface area contributed by atoms with Crippen molar-refractivity contribution >= 4 is 360 Å². The fourth-order valence-electron chi connectivity index (χ4n) is 5.03. The van der Waals surface area contributed by atoms with Crippen molar-refractivity contribution in [1.82, 2.24) is 9.55 Å². The topological polar surface area (TPSA) is 73.3 Å². The zero-order valence-corrected chi connectivity index (χ0v) is 65.9. The molecular weight excluding hydrogens is 1670 g/mol. The number of halogens is 2. The van der Waals surface area contributed by atoms with Gasteiger partial charge in [0, 0.05) is 329 Å². The molecule has 432 valence electrons. The third-order valence-corrected chi connectivity index (χ3v) is 72.4. The molecule has 6 nitrogen and oxygen atoms in total. The summed E-state index contributed by atoms with van der Waals surface area (Å²) in [5.74, 6) is -0.672. The van der Waals surface area contributed by atoms with E-state index in [1.165, 1.54) is 29.5 Å². The number of benzene rings is 4. The van der Waals surface area contributed by atoms with Crippen LogP contribution in [0.1, 0.15) is 49.7 Å². The van der Waals surface area contributed by atoms with Gasteiger partial charge >= 0.3 is 11.9 Å². The van der Waals surface area contributed by atoms with Gasteiger partial charge in [-0.1, -0.05) is 98.0 Å². The van der Waals surface area contributed by atoms with Crippen molar-refractivity contribution in [3.8, 4) is 0 Å². The first-order valence-electron chi connectivity index (χ1n) is 19.2. The van der Waals surface area contributed by atoms with Gasteiger partial charge in [-0.05, 0) is 74.5 Å². The van der Waals surface area contributed by atoms with Gasteiger partial charge < -0.3 is 19.0 Å². The van der Waals surface area contributed by atoms with E-state index >= 15 is 0 Å². The second kappa shape index (κ2) is 49.9. The van der Waals surface area contributed by atoms with Gasteiger partial charge in [0.2, 0.25) is 0 Å². The van der Waals surface area contributed by atoms with Gasteiger partial charge in [-0.3, -0.25) is 0 Å². The molecule has 2 aromatic heterocycles. The monoisotopic (exact) mass is 1700 g/mol. The summed E-state index contributed by atoms with van der Waals surface area (Å²) in [6.07, 6.45) is 0. The number of H-pyrrole nitrogens is 1. The van der Waals surface area contributed by atoms with Gasteiger partial charge in [-0.15, -0.1) is 0 Å². The van der Waals surface area contributed by atoms with Crippen LogP contribution in [0, 0.1) is 0 Å². The van der Waals surface area contributed by atoms with Gasteiger partial charge in [0.15, 0.2) is 0 Å². The average Bonchev–Trinajstić information content (AvgIpc) is 3.98. The molecule has 0 atom stereocenters. The maximum atomic E-state index is 12.4. The molecule has 0 aliphatic heterocycles. The molecule has 6 rings (SSSR count). The Morgan fingerprint density at radius 3 is 1.21 bits per heavy atom. The molecule has 41 heteroatoms. The normalized spacial score (nSPS) is 9.29. The number of fused-ring (bicyclic) bond motifs is 2. The van der Waals surface area contributed by atoms with Crippen molar-refractivity contribution in [1.29, 1.82) is 0 Å². The SMILES string of the molecule is C.C.CCOC(=O)c1[nH]c2ccc(Cl)cc2c1Sc1ccccc1.CCOC(=O)c1c(Sc2ccccc2)c2cc(Cl)ccc2n1C.S=S=S=S=S=S=S=S=S=S=S=S=S=S=S=S=S=S=S=S=S=S=S=S=S=S=S=S=S=S=S. The van der Waals surface area contributed by atoms with Gasteiger partial charge in [-0.25, -0.2) is 9.59 Å². The van der Waals surface area contributed by atoms with E-state index in [1.807, 2.05) is 236 Å². The molecule has 0 spiro atoms. The van der Waals surface area contributed by atoms with Crippen LogP contribution >= 0.6 is 46.7 Å². The van der Waals surface area contributed by atoms with Crippen LogP contribution in [0.25, 0.3) is 21.8 Å². The minimum absolute atomic E-state index is 0. The Morgan fingerprint density at radius 2 is 0.821 bits per heavy atom. The molecule has 0 aliphatic rings. The lowest BCUT2D eigenvalue weighted by Crippen LogP contribution is -2.10. The Kier molecular flexibility index (Phi) is 49.3. The van der Waals surface area contributed by atoms with Crippen LogP contribution in [-0.4, -0.2) is 34.7 Å². The van der Waals surface area contributed by atoms with Crippen LogP contribution in [0.3, 0.4) is 0 Å². The molecule has 0 amide bonds. The fourth-order valence-corrected chi connectivity index (χ4v) is 81.6. The number of rotatable bonds is 8. The highest BCUT2D eigenvalue weighted by molar-refractivity contribution is 8.80. The largest absolute Gasteiger partial charge is 0.461 e. The lowest BCUT2D eigenvalue weighted by molar-refractivity contribution is 0.0504. The standard InChI is InChI=1S/C18H16ClNO2S.C17H14ClNO2S.2CH4.S31/c1-3-22-18(21)16-17(23-13-7-5-4-6-8-13)14-11-12(19)9-10-15(14)20(16)2;1-2-21-17(20)15-16(22-12-6-4-3-5-7-12)13-10-11(18)8-9-14(13)19-15;;;1-3-5-7-9-11-13-15-17-19-21-23-25-27-29-31-30-28-26-24-22-20-18-16-14-12-10-8-6-4-2/h4-11H,3H2,1-2H3;3-10,19H,2H2,1H3;2*1H4;. The van der Waals surface area contributed by atoms with Crippen molar-refractivity contribution in [3.63, 3.8) is 0 Å². The molecule has 0 saturated carbocycles. The van der Waals surface area contributed by atoms with Gasteiger partial charge in [0.05, 0.1) is 23.0 Å². The second-order valence-electron chi connectivity index (χ2n) is 11.7. The van der Waals surface area contributed by atoms with Gasteiger partial charge in [-0.2, -0.15) is 0 Å². The third-order valence-electron chi connectivity index (χ3n) is 7.48. The summed E-state index contributed by atoms with van der Waals surface area (Å²) in [5.41, 5.74) is 2.84. The second-order valence-corrected chi connectivity index (χ2v) is 66.0. The number of carbonyl (C=O) groups excluding carboxylic acids is 2. The lowest BCUT2D eigenvalue weighted by atomic mass is 10.2. The first-order valence-corrected chi connectivity index (χ1v) is 61.6. The van der Waals surface area contributed by atoms with E-state index in [1.54, 1.807) is 138 Å². The molecule has 0 fully saturated rings. The van der Waals surface area contributed by atoms with Gasteiger partial charge in [0.25, 0.3) is 0 Å². The van der Waals surface area contributed by atoms with Crippen molar-refractivity contribution in [3.05, 3.63) is 118 Å². The van der Waals surface area contributed by atoms with Crippen LogP contribution in [0.5, 0.6) is 0 Å². The van der Waals surface area contributed by atoms with Crippen molar-refractivity contribution < 1.29 is 19.1 Å². The molecule has 0 bridgehead atoms. The highest BCUT2D eigenvalue weighted by atomic mass is 35.5. The predicted molar refractivity (Wildman–Crippen MR) is 426 cm³/mol. The molecule has 1 N–H and O–H groups in total. The summed E-state index contributed by atoms with van der Waals surface area (Å²) >= 11 is 24.9. The van der Waals surface area contributed by atoms with Crippen LogP contribution in [0.15, 0.2) is 117 Å². The van der Waals surface area contributed by atoms with Crippen molar-refractivity contribution in [2.24, 2.45) is 7.05 Å². The molecule has 0 unspecified atom stereocenters. The smallest absolute Gasteiger partial charge is 0.356 e. The van der Waals surface area contributed by atoms with E-state index in [9.17, 15) is 9.59 Å². The number of aromatic amines is 1. The Balaban J connectivity index is 0.000000401. The number of nitrogens with zero attached hydrogens (tertiary/aromatic N) is 1. The summed E-state index contributed by atoms with van der Waals surface area (Å²) in [4.78, 5) is 31.6. The number of nitrogens with one attached hydrogen (secondary N) is 1. The summed E-state index contributed by atoms with van der Waals surface area (Å²) < 4.78 is 12.3. The summed E-state index contributed by atoms with van der Waals surface area (Å²) in [6, 6.07) is 31.0. The molecule has 0 saturated heterocycles. The third kappa shape index (κ3) is 31.8. The van der Waals surface area contributed by atoms with Crippen molar-refractivity contribution in [2.75, 3.05) is 13.2 Å². The van der Waals surface area contributed by atoms with Crippen LogP contribution < -0.4 is 0 Å². The maximum Gasteiger partial charge on any atom is 0.356 e. The fraction of sp³-hybridized carbons (Fsp3) is 0.189. The zero-order chi connectivity index (χ0) is 54.4. The lowest BCUT2D eigenvalue weighted by Gasteiger charge is -2.07. The number of esters is 2. The van der Waals surface area contributed by atoms with Gasteiger partial charge in [0.1, 0.15) is 11.4 Å². The van der Waals surface area contributed by atoms with Crippen molar-refractivity contribution in [2.45, 2.75) is 48.3 Å². The van der Waals surface area contributed by atoms with Crippen LogP contribution in [0.4, 0.5) is 0 Å². The quantitative estimate of drug-likeness (QED) is 0.151.